The molecule has 0 aromatic heterocycles. The van der Waals surface area contributed by atoms with Crippen molar-refractivity contribution in [1.82, 2.24) is 15.1 Å². The summed E-state index contributed by atoms with van der Waals surface area (Å²) in [6.07, 6.45) is 0.574. The van der Waals surface area contributed by atoms with Crippen LogP contribution in [0.2, 0.25) is 0 Å². The number of rotatable bonds is 8. The molecule has 0 aliphatic carbocycles. The average Bonchev–Trinajstić information content (AvgIpc) is 3.65. The lowest BCUT2D eigenvalue weighted by molar-refractivity contribution is -0.151. The van der Waals surface area contributed by atoms with E-state index >= 15 is 0 Å². The minimum Gasteiger partial charge on any atom is -0.493 e. The van der Waals surface area contributed by atoms with Crippen molar-refractivity contribution in [3.8, 4) is 34.8 Å². The maximum Gasteiger partial charge on any atom is 0.324 e. The normalized spacial score (nSPS) is 26.8. The van der Waals surface area contributed by atoms with Crippen LogP contribution in [0.4, 0.5) is 0 Å². The Kier molecular flexibility index (Phi) is 9.87. The number of carbonyl (C=O) groups is 2. The van der Waals surface area contributed by atoms with Crippen molar-refractivity contribution in [2.24, 2.45) is 0 Å². The zero-order valence-electron chi connectivity index (χ0n) is 31.2. The van der Waals surface area contributed by atoms with Crippen molar-refractivity contribution >= 4 is 23.7 Å². The van der Waals surface area contributed by atoms with E-state index in [1.54, 1.807) is 26.0 Å². The summed E-state index contributed by atoms with van der Waals surface area (Å²) in [5.74, 6) is 2.07. The van der Waals surface area contributed by atoms with Gasteiger partial charge in [0.2, 0.25) is 6.79 Å². The molecule has 6 heterocycles. The Bertz CT molecular complexity index is 2020. The van der Waals surface area contributed by atoms with Crippen molar-refractivity contribution in [3.63, 3.8) is 0 Å². The molecular formula is C40H44N4O9S. The van der Waals surface area contributed by atoms with Gasteiger partial charge in [-0.2, -0.15) is 5.26 Å². The van der Waals surface area contributed by atoms with Crippen LogP contribution in [0.1, 0.15) is 63.2 Å². The highest BCUT2D eigenvalue weighted by Gasteiger charge is 2.61. The number of hydrogen-bond donors (Lipinski definition) is 1. The number of aryl methyl sites for hydroxylation is 1. The summed E-state index contributed by atoms with van der Waals surface area (Å²) < 4.78 is 42.4. The molecule has 0 spiro atoms. The Hall–Kier alpha value is -4.52. The van der Waals surface area contributed by atoms with Crippen molar-refractivity contribution in [3.05, 3.63) is 75.3 Å². The number of nitrogens with one attached hydrogen (secondary N) is 1. The van der Waals surface area contributed by atoms with Crippen LogP contribution in [0.5, 0.6) is 28.7 Å². The lowest BCUT2D eigenvalue weighted by Crippen LogP contribution is -2.69. The number of ether oxygens (including phenoxy) is 7. The first-order valence-electron chi connectivity index (χ1n) is 18.1. The first-order chi connectivity index (χ1) is 26.2. The van der Waals surface area contributed by atoms with Crippen LogP contribution in [0, 0.1) is 25.2 Å². The Balaban J connectivity index is 1.36. The predicted octanol–water partition coefficient (Wildman–Crippen LogP) is 4.67. The van der Waals surface area contributed by atoms with Crippen molar-refractivity contribution < 1.29 is 42.7 Å². The van der Waals surface area contributed by atoms with E-state index in [9.17, 15) is 14.9 Å². The van der Waals surface area contributed by atoms with Gasteiger partial charge in [-0.05, 0) is 44.0 Å². The van der Waals surface area contributed by atoms with Gasteiger partial charge in [-0.25, -0.2) is 0 Å². The molecular weight excluding hydrogens is 713 g/mol. The number of benzene rings is 3. The number of methoxy groups -OCH3 is 2. The van der Waals surface area contributed by atoms with Crippen LogP contribution >= 0.6 is 11.8 Å². The minimum atomic E-state index is -0.651. The van der Waals surface area contributed by atoms with Crippen LogP contribution in [-0.4, -0.2) is 93.1 Å². The maximum atomic E-state index is 14.0. The molecule has 0 amide bonds. The molecule has 0 saturated carbocycles. The number of nitriles is 1. The quantitative estimate of drug-likeness (QED) is 0.193. The molecule has 3 aromatic rings. The van der Waals surface area contributed by atoms with Gasteiger partial charge in [0.1, 0.15) is 24.4 Å². The van der Waals surface area contributed by atoms with Gasteiger partial charge in [0.05, 0.1) is 30.5 Å². The van der Waals surface area contributed by atoms with E-state index in [4.69, 9.17) is 33.2 Å². The lowest BCUT2D eigenvalue weighted by Gasteiger charge is -2.61. The third-order valence-electron chi connectivity index (χ3n) is 11.4. The number of hydrogen-bond acceptors (Lipinski definition) is 14. The second kappa shape index (κ2) is 14.6. The molecule has 4 bridgehead atoms. The zero-order chi connectivity index (χ0) is 37.8. The summed E-state index contributed by atoms with van der Waals surface area (Å²) in [6, 6.07) is 11.9. The molecule has 2 saturated heterocycles. The van der Waals surface area contributed by atoms with Crippen LogP contribution in [-0.2, 0) is 32.0 Å². The van der Waals surface area contributed by atoms with Gasteiger partial charge in [0, 0.05) is 60.7 Å². The van der Waals surface area contributed by atoms with E-state index in [0.29, 0.717) is 58.6 Å². The Morgan fingerprint density at radius 3 is 2.56 bits per heavy atom. The minimum absolute atomic E-state index is 0.00887. The molecule has 284 valence electrons. The van der Waals surface area contributed by atoms with Gasteiger partial charge < -0.3 is 33.2 Å². The first kappa shape index (κ1) is 36.5. The van der Waals surface area contributed by atoms with Gasteiger partial charge in [-0.1, -0.05) is 36.4 Å². The molecule has 9 rings (SSSR count). The number of piperazine rings is 1. The summed E-state index contributed by atoms with van der Waals surface area (Å²) in [6.45, 7) is 5.63. The van der Waals surface area contributed by atoms with Gasteiger partial charge >= 0.3 is 11.9 Å². The standard InChI is InChI=1S/C40H44N4O9S/c1-20-12-24-13-26-27(14-41)44-28-16-49-40(46)25(42-15-23-10-8-7-9-11-23)17-54-39(31-30(28)38-36(51-19-52-38)21(2)35(31)53-22(3)45)33(44)32(43(26)4)29(24)37(34(20)48-6)50-18-47-5/h7-12,25-28,32-33,39,42H,13,15-19H2,1-6H3/t25-,26+,27+,28+,32-,33?,39-/m1/s1. The molecule has 3 aromatic carbocycles. The van der Waals surface area contributed by atoms with Crippen LogP contribution in [0.3, 0.4) is 0 Å². The number of carbonyl (C=O) groups excluding carboxylic acids is 2. The summed E-state index contributed by atoms with van der Waals surface area (Å²) in [7, 11) is 5.28. The molecule has 6 aliphatic rings. The van der Waals surface area contributed by atoms with E-state index in [1.807, 2.05) is 44.2 Å². The SMILES string of the molecule is COCOc1c(OC)c(C)cc2c1[C@@H]1C3[C@@H]4SC[C@@H](NCc5ccccc5)C(=O)OC[C@@H](c5c6c(c(C)c(OC(C)=O)c54)OCO6)N3[C@@H](C#N)[C@H](C2)N1C. The highest BCUT2D eigenvalue weighted by molar-refractivity contribution is 7.99. The first-order valence-corrected chi connectivity index (χ1v) is 19.1. The van der Waals surface area contributed by atoms with Gasteiger partial charge in [0.15, 0.2) is 29.8 Å². The predicted molar refractivity (Wildman–Crippen MR) is 198 cm³/mol. The number of nitrogens with zero attached hydrogens (tertiary/aromatic N) is 3. The Morgan fingerprint density at radius 2 is 1.83 bits per heavy atom. The van der Waals surface area contributed by atoms with E-state index in [2.05, 4.69) is 34.3 Å². The number of fused-ring (bicyclic) bond motifs is 10. The highest BCUT2D eigenvalue weighted by Crippen LogP contribution is 2.64. The Labute approximate surface area is 318 Å². The fraction of sp³-hybridized carbons (Fsp3) is 0.475. The molecule has 1 N–H and O–H groups in total. The maximum absolute atomic E-state index is 14.0. The molecule has 0 radical (unpaired) electrons. The fourth-order valence-electron chi connectivity index (χ4n) is 9.18. The molecule has 6 aliphatic heterocycles. The molecule has 2 fully saturated rings. The summed E-state index contributed by atoms with van der Waals surface area (Å²) >= 11 is 1.57. The number of likely N-dealkylation sites (N-methyl/N-ethyl adjacent to an activating group) is 1. The molecule has 1 unspecified atom stereocenters. The number of esters is 2. The van der Waals surface area contributed by atoms with E-state index < -0.39 is 35.4 Å². The monoisotopic (exact) mass is 756 g/mol. The molecule has 14 heteroatoms. The lowest BCUT2D eigenvalue weighted by atomic mass is 9.71. The van der Waals surface area contributed by atoms with Crippen LogP contribution in [0.25, 0.3) is 0 Å². The third kappa shape index (κ3) is 5.84. The van der Waals surface area contributed by atoms with Crippen molar-refractivity contribution in [2.45, 2.75) is 75.2 Å². The van der Waals surface area contributed by atoms with Crippen molar-refractivity contribution in [1.29, 1.82) is 5.26 Å². The smallest absolute Gasteiger partial charge is 0.324 e. The average molecular weight is 757 g/mol. The largest absolute Gasteiger partial charge is 0.493 e. The molecule has 13 nitrogen and oxygen atoms in total. The van der Waals surface area contributed by atoms with Crippen molar-refractivity contribution in [2.75, 3.05) is 47.2 Å². The van der Waals surface area contributed by atoms with E-state index in [1.165, 1.54) is 6.92 Å². The van der Waals surface area contributed by atoms with Crippen LogP contribution in [0.15, 0.2) is 36.4 Å². The second-order valence-corrected chi connectivity index (χ2v) is 15.5. The summed E-state index contributed by atoms with van der Waals surface area (Å²) in [5, 5.41) is 14.1. The summed E-state index contributed by atoms with van der Waals surface area (Å²) in [5.41, 5.74) is 6.11. The fourth-order valence-corrected chi connectivity index (χ4v) is 10.7. The van der Waals surface area contributed by atoms with Gasteiger partial charge in [-0.15, -0.1) is 11.8 Å². The number of thioether (sulfide) groups is 1. The topological polar surface area (TPSA) is 141 Å². The van der Waals surface area contributed by atoms with E-state index in [0.717, 1.165) is 27.8 Å². The highest BCUT2D eigenvalue weighted by atomic mass is 32.2. The third-order valence-corrected chi connectivity index (χ3v) is 12.8. The zero-order valence-corrected chi connectivity index (χ0v) is 32.0. The van der Waals surface area contributed by atoms with Gasteiger partial charge in [0.25, 0.3) is 0 Å². The van der Waals surface area contributed by atoms with E-state index in [-0.39, 0.29) is 38.2 Å². The van der Waals surface area contributed by atoms with Gasteiger partial charge in [-0.3, -0.25) is 24.7 Å². The second-order valence-electron chi connectivity index (χ2n) is 14.3. The molecule has 54 heavy (non-hydrogen) atoms. The summed E-state index contributed by atoms with van der Waals surface area (Å²) in [4.78, 5) is 31.4. The molecule has 7 atom stereocenters. The van der Waals surface area contributed by atoms with Crippen LogP contribution < -0.4 is 29.0 Å². The Morgan fingerprint density at radius 1 is 1.06 bits per heavy atom.